The Bertz CT molecular complexity index is 64.4. The van der Waals surface area contributed by atoms with Crippen molar-refractivity contribution in [2.24, 2.45) is 5.92 Å². The van der Waals surface area contributed by atoms with Crippen molar-refractivity contribution in [3.63, 3.8) is 0 Å². The van der Waals surface area contributed by atoms with Crippen molar-refractivity contribution in [3.05, 3.63) is 19.1 Å². The Labute approximate surface area is 59.0 Å². The lowest BCUT2D eigenvalue weighted by molar-refractivity contribution is 0.577. The molecule has 1 unspecified atom stereocenters. The molecular weight excluding hydrogens is 108 g/mol. The highest BCUT2D eigenvalue weighted by molar-refractivity contribution is 4.90. The molecule has 9 heavy (non-hydrogen) atoms. The molecule has 1 atom stereocenters. The van der Waals surface area contributed by atoms with Gasteiger partial charge in [0.05, 0.1) is 0 Å². The first-order valence-electron chi connectivity index (χ1n) is 3.77. The molecule has 0 heteroatoms. The minimum atomic E-state index is 0.724. The first kappa shape index (κ1) is 8.74. The zero-order chi connectivity index (χ0) is 7.11. The van der Waals surface area contributed by atoms with Gasteiger partial charge in [-0.15, -0.1) is 6.58 Å². The molecule has 0 aromatic heterocycles. The van der Waals surface area contributed by atoms with Crippen LogP contribution in [-0.4, -0.2) is 0 Å². The largest absolute Gasteiger partial charge is 0.103 e. The van der Waals surface area contributed by atoms with Crippen molar-refractivity contribution in [2.75, 3.05) is 0 Å². The lowest BCUT2D eigenvalue weighted by atomic mass is 10.0. The molecule has 53 valence electrons. The van der Waals surface area contributed by atoms with E-state index in [9.17, 15) is 0 Å². The molecule has 0 aliphatic carbocycles. The quantitative estimate of drug-likeness (QED) is 0.529. The van der Waals surface area contributed by atoms with Crippen LogP contribution in [0.15, 0.2) is 12.7 Å². The fourth-order valence-corrected chi connectivity index (χ4v) is 0.855. The maximum Gasteiger partial charge on any atom is -0.0145 e. The first-order chi connectivity index (χ1) is 4.31. The molecule has 0 aromatic rings. The van der Waals surface area contributed by atoms with Crippen molar-refractivity contribution in [2.45, 2.75) is 33.1 Å². The summed E-state index contributed by atoms with van der Waals surface area (Å²) in [5.41, 5.74) is 0. The van der Waals surface area contributed by atoms with E-state index in [2.05, 4.69) is 26.8 Å². The Morgan fingerprint density at radius 2 is 2.22 bits per heavy atom. The Morgan fingerprint density at radius 3 is 2.67 bits per heavy atom. The number of unbranched alkanes of at least 4 members (excludes halogenated alkanes) is 1. The summed E-state index contributed by atoms with van der Waals surface area (Å²) in [6.07, 6.45) is 8.00. The summed E-state index contributed by atoms with van der Waals surface area (Å²) in [6.45, 7) is 8.11. The zero-order valence-corrected chi connectivity index (χ0v) is 6.56. The van der Waals surface area contributed by atoms with E-state index >= 15 is 0 Å². The monoisotopic (exact) mass is 125 g/mol. The van der Waals surface area contributed by atoms with Crippen molar-refractivity contribution in [3.8, 4) is 0 Å². The molecule has 0 nitrogen and oxygen atoms in total. The molecule has 0 bridgehead atoms. The van der Waals surface area contributed by atoms with Gasteiger partial charge in [0.15, 0.2) is 0 Å². The van der Waals surface area contributed by atoms with Crippen molar-refractivity contribution in [1.82, 2.24) is 0 Å². The maximum absolute atomic E-state index is 3.65. The highest BCUT2D eigenvalue weighted by Crippen LogP contribution is 2.10. The fraction of sp³-hybridized carbons (Fsp3) is 0.667. The van der Waals surface area contributed by atoms with Gasteiger partial charge in [-0.3, -0.25) is 0 Å². The van der Waals surface area contributed by atoms with Crippen LogP contribution in [0.4, 0.5) is 0 Å². The Hall–Kier alpha value is -0.260. The molecule has 0 fully saturated rings. The average molecular weight is 125 g/mol. The molecule has 0 amide bonds. The van der Waals surface area contributed by atoms with Gasteiger partial charge in [0, 0.05) is 0 Å². The van der Waals surface area contributed by atoms with Crippen LogP contribution in [0.25, 0.3) is 0 Å². The third kappa shape index (κ3) is 5.61. The molecule has 0 rings (SSSR count). The van der Waals surface area contributed by atoms with E-state index in [0.717, 1.165) is 5.92 Å². The Morgan fingerprint density at radius 1 is 1.56 bits per heavy atom. The van der Waals surface area contributed by atoms with Crippen molar-refractivity contribution < 1.29 is 0 Å². The molecule has 0 N–H and O–H groups in total. The van der Waals surface area contributed by atoms with E-state index in [1.165, 1.54) is 19.3 Å². The van der Waals surface area contributed by atoms with Crippen LogP contribution >= 0.6 is 0 Å². The van der Waals surface area contributed by atoms with Crippen LogP contribution in [0.2, 0.25) is 0 Å². The van der Waals surface area contributed by atoms with Gasteiger partial charge in [-0.25, -0.2) is 0 Å². The molecule has 0 saturated carbocycles. The van der Waals surface area contributed by atoms with E-state index < -0.39 is 0 Å². The van der Waals surface area contributed by atoms with Crippen LogP contribution in [0.1, 0.15) is 33.1 Å². The van der Waals surface area contributed by atoms with Gasteiger partial charge < -0.3 is 0 Å². The maximum atomic E-state index is 3.65. The summed E-state index contributed by atoms with van der Waals surface area (Å²) in [4.78, 5) is 0. The lowest BCUT2D eigenvalue weighted by Crippen LogP contribution is -1.91. The summed E-state index contributed by atoms with van der Waals surface area (Å²) in [5, 5.41) is 0. The summed E-state index contributed by atoms with van der Waals surface area (Å²) in [6, 6.07) is 0. The molecule has 0 aromatic carbocycles. The second-order valence-corrected chi connectivity index (χ2v) is 2.55. The van der Waals surface area contributed by atoms with E-state index in [-0.39, 0.29) is 0 Å². The van der Waals surface area contributed by atoms with E-state index in [1.807, 2.05) is 6.08 Å². The molecular formula is C9H17. The normalized spacial score (nSPS) is 13.1. The topological polar surface area (TPSA) is 0 Å². The highest BCUT2D eigenvalue weighted by Gasteiger charge is 1.96. The number of hydrogen-bond acceptors (Lipinski definition) is 0. The summed E-state index contributed by atoms with van der Waals surface area (Å²) in [5.74, 6) is 0.724. The standard InChI is InChI=1S/C9H17/c1-4-6-8-9(3)7-5-2/h5,7,9H,2,4,6,8H2,1,3H3. The van der Waals surface area contributed by atoms with E-state index in [0.29, 0.717) is 0 Å². The highest BCUT2D eigenvalue weighted by atomic mass is 14.0. The van der Waals surface area contributed by atoms with Crippen LogP contribution in [0, 0.1) is 12.3 Å². The predicted molar refractivity (Wildman–Crippen MR) is 43.2 cm³/mol. The number of rotatable bonds is 5. The van der Waals surface area contributed by atoms with Crippen molar-refractivity contribution in [1.29, 1.82) is 0 Å². The van der Waals surface area contributed by atoms with Gasteiger partial charge in [0.1, 0.15) is 0 Å². The lowest BCUT2D eigenvalue weighted by Gasteiger charge is -2.04. The van der Waals surface area contributed by atoms with E-state index in [4.69, 9.17) is 0 Å². The van der Waals surface area contributed by atoms with Gasteiger partial charge in [-0.1, -0.05) is 39.2 Å². The Kier molecular flexibility index (Phi) is 5.70. The minimum absolute atomic E-state index is 0.724. The zero-order valence-electron chi connectivity index (χ0n) is 6.56. The van der Waals surface area contributed by atoms with Crippen LogP contribution in [0.5, 0.6) is 0 Å². The number of hydrogen-bond donors (Lipinski definition) is 0. The summed E-state index contributed by atoms with van der Waals surface area (Å²) < 4.78 is 0. The molecule has 0 aliphatic rings. The predicted octanol–water partition coefficient (Wildman–Crippen LogP) is 3.20. The van der Waals surface area contributed by atoms with Crippen LogP contribution < -0.4 is 0 Å². The second kappa shape index (κ2) is 5.87. The first-order valence-corrected chi connectivity index (χ1v) is 3.77. The molecule has 1 radical (unpaired) electrons. The Balaban J connectivity index is 3.04. The molecule has 0 heterocycles. The molecule has 0 saturated heterocycles. The van der Waals surface area contributed by atoms with Gasteiger partial charge >= 0.3 is 0 Å². The molecule has 0 aliphatic heterocycles. The van der Waals surface area contributed by atoms with Crippen molar-refractivity contribution >= 4 is 0 Å². The third-order valence-electron chi connectivity index (χ3n) is 1.48. The summed E-state index contributed by atoms with van der Waals surface area (Å²) >= 11 is 0. The van der Waals surface area contributed by atoms with Gasteiger partial charge in [0.25, 0.3) is 0 Å². The van der Waals surface area contributed by atoms with Gasteiger partial charge in [0.2, 0.25) is 0 Å². The SMILES string of the molecule is C=C[CH]C(C)CCCC. The number of allylic oxidation sites excluding steroid dienone is 1. The summed E-state index contributed by atoms with van der Waals surface area (Å²) in [7, 11) is 0. The third-order valence-corrected chi connectivity index (χ3v) is 1.48. The van der Waals surface area contributed by atoms with Crippen LogP contribution in [0.3, 0.4) is 0 Å². The average Bonchev–Trinajstić information content (AvgIpc) is 1.85. The smallest absolute Gasteiger partial charge is 0.0145 e. The minimum Gasteiger partial charge on any atom is -0.103 e. The second-order valence-electron chi connectivity index (χ2n) is 2.55. The van der Waals surface area contributed by atoms with Gasteiger partial charge in [-0.05, 0) is 12.3 Å². The molecule has 0 spiro atoms. The van der Waals surface area contributed by atoms with E-state index in [1.54, 1.807) is 0 Å². The fourth-order valence-electron chi connectivity index (χ4n) is 0.855. The van der Waals surface area contributed by atoms with Crippen LogP contribution in [-0.2, 0) is 0 Å². The van der Waals surface area contributed by atoms with Gasteiger partial charge in [-0.2, -0.15) is 0 Å².